The Balaban J connectivity index is 1.97. The molecule has 0 amide bonds. The highest BCUT2D eigenvalue weighted by molar-refractivity contribution is 6.31. The van der Waals surface area contributed by atoms with Gasteiger partial charge in [-0.25, -0.2) is 4.39 Å². The van der Waals surface area contributed by atoms with Gasteiger partial charge >= 0.3 is 0 Å². The number of nitrogens with zero attached hydrogens (tertiary/aromatic N) is 1. The van der Waals surface area contributed by atoms with Crippen LogP contribution in [0.15, 0.2) is 36.7 Å². The second kappa shape index (κ2) is 6.91. The maximum Gasteiger partial charge on any atom is 0.142 e. The minimum atomic E-state index is -0.366. The van der Waals surface area contributed by atoms with E-state index in [4.69, 9.17) is 11.6 Å². The molecule has 2 nitrogen and oxygen atoms in total. The number of nitrogens with one attached hydrogen (secondary N) is 1. The zero-order valence-corrected chi connectivity index (χ0v) is 12.6. The van der Waals surface area contributed by atoms with Crippen molar-refractivity contribution >= 4 is 11.6 Å². The molecule has 108 valence electrons. The Morgan fingerprint density at radius 3 is 2.85 bits per heavy atom. The molecule has 0 aliphatic carbocycles. The molecule has 1 heterocycles. The first-order valence-corrected chi connectivity index (χ1v) is 7.22. The van der Waals surface area contributed by atoms with Gasteiger partial charge in [-0.1, -0.05) is 37.6 Å². The minimum Gasteiger partial charge on any atom is -0.350 e. The van der Waals surface area contributed by atoms with Crippen LogP contribution < -0.4 is 5.32 Å². The van der Waals surface area contributed by atoms with E-state index in [0.717, 1.165) is 18.7 Å². The molecule has 4 heteroatoms. The Hall–Kier alpha value is -1.32. The van der Waals surface area contributed by atoms with E-state index in [2.05, 4.69) is 31.4 Å². The molecule has 0 aliphatic heterocycles. The highest BCUT2D eigenvalue weighted by Crippen LogP contribution is 2.20. The Kier molecular flexibility index (Phi) is 5.21. The van der Waals surface area contributed by atoms with Crippen LogP contribution in [0.4, 0.5) is 4.39 Å². The lowest BCUT2D eigenvalue weighted by Crippen LogP contribution is -2.18. The summed E-state index contributed by atoms with van der Waals surface area (Å²) in [5.41, 5.74) is 2.02. The van der Waals surface area contributed by atoms with Crippen LogP contribution in [0.3, 0.4) is 0 Å². The lowest BCUT2D eigenvalue weighted by Gasteiger charge is -2.07. The van der Waals surface area contributed by atoms with E-state index in [9.17, 15) is 4.39 Å². The van der Waals surface area contributed by atoms with E-state index in [-0.39, 0.29) is 10.8 Å². The molecule has 1 aromatic carbocycles. The molecule has 20 heavy (non-hydrogen) atoms. The number of aromatic nitrogens is 1. The Bertz CT molecular complexity index is 563. The molecule has 0 unspecified atom stereocenters. The normalized spacial score (nSPS) is 11.2. The minimum absolute atomic E-state index is 0.209. The number of hydrogen-bond acceptors (Lipinski definition) is 1. The molecule has 1 N–H and O–H groups in total. The summed E-state index contributed by atoms with van der Waals surface area (Å²) in [5, 5.41) is 3.61. The maximum atomic E-state index is 13.4. The number of hydrogen-bond donors (Lipinski definition) is 1. The van der Waals surface area contributed by atoms with E-state index >= 15 is 0 Å². The highest BCUT2D eigenvalue weighted by Gasteiger charge is 2.06. The van der Waals surface area contributed by atoms with Crippen LogP contribution in [0, 0.1) is 11.7 Å². The van der Waals surface area contributed by atoms with Crippen molar-refractivity contribution in [3.05, 3.63) is 58.6 Å². The predicted molar refractivity (Wildman–Crippen MR) is 81.5 cm³/mol. The summed E-state index contributed by atoms with van der Waals surface area (Å²) in [6, 6.07) is 6.98. The van der Waals surface area contributed by atoms with Crippen LogP contribution in [-0.2, 0) is 13.1 Å². The first-order valence-electron chi connectivity index (χ1n) is 6.84. The summed E-state index contributed by atoms with van der Waals surface area (Å²) < 4.78 is 15.4. The van der Waals surface area contributed by atoms with Crippen molar-refractivity contribution in [1.82, 2.24) is 9.88 Å². The van der Waals surface area contributed by atoms with Gasteiger partial charge in [-0.3, -0.25) is 0 Å². The van der Waals surface area contributed by atoms with Gasteiger partial charge in [0, 0.05) is 25.5 Å². The van der Waals surface area contributed by atoms with Gasteiger partial charge in [0.05, 0.1) is 5.02 Å². The molecule has 1 aromatic heterocycles. The van der Waals surface area contributed by atoms with Gasteiger partial charge in [-0.05, 0) is 35.7 Å². The van der Waals surface area contributed by atoms with Gasteiger partial charge < -0.3 is 9.88 Å². The average Bonchev–Trinajstić information content (AvgIpc) is 2.82. The number of benzene rings is 1. The van der Waals surface area contributed by atoms with Gasteiger partial charge in [0.15, 0.2) is 0 Å². The fourth-order valence-corrected chi connectivity index (χ4v) is 2.25. The molecule has 2 rings (SSSR count). The lowest BCUT2D eigenvalue weighted by atomic mass is 10.2. The van der Waals surface area contributed by atoms with Crippen LogP contribution in [0.1, 0.15) is 25.0 Å². The fourth-order valence-electron chi connectivity index (χ4n) is 2.07. The quantitative estimate of drug-likeness (QED) is 0.849. The summed E-state index contributed by atoms with van der Waals surface area (Å²) in [7, 11) is 0. The fraction of sp³-hybridized carbons (Fsp3) is 0.375. The molecular formula is C16H20ClFN2. The molecule has 0 aliphatic rings. The number of rotatable bonds is 6. The third kappa shape index (κ3) is 4.09. The first kappa shape index (κ1) is 15.1. The molecule has 0 radical (unpaired) electrons. The van der Waals surface area contributed by atoms with Gasteiger partial charge in [-0.2, -0.15) is 0 Å². The average molecular weight is 295 g/mol. The van der Waals surface area contributed by atoms with Crippen molar-refractivity contribution < 1.29 is 4.39 Å². The summed E-state index contributed by atoms with van der Waals surface area (Å²) in [6.07, 6.45) is 4.06. The Labute approximate surface area is 124 Å². The van der Waals surface area contributed by atoms with Gasteiger partial charge in [0.25, 0.3) is 0 Å². The third-order valence-corrected chi connectivity index (χ3v) is 3.50. The summed E-state index contributed by atoms with van der Waals surface area (Å²) in [5.74, 6) is 0.276. The molecule has 0 atom stereocenters. The first-order chi connectivity index (χ1) is 9.56. The molecule has 2 aromatic rings. The maximum absolute atomic E-state index is 13.4. The van der Waals surface area contributed by atoms with E-state index in [1.54, 1.807) is 6.07 Å². The van der Waals surface area contributed by atoms with Crippen molar-refractivity contribution in [2.45, 2.75) is 26.9 Å². The molecule has 0 fully saturated rings. The summed E-state index contributed by atoms with van der Waals surface area (Å²) >= 11 is 5.97. The summed E-state index contributed by atoms with van der Waals surface area (Å²) in [6.45, 7) is 6.80. The van der Waals surface area contributed by atoms with Crippen LogP contribution in [0.25, 0.3) is 0 Å². The molecule has 0 saturated carbocycles. The summed E-state index contributed by atoms with van der Waals surface area (Å²) in [4.78, 5) is 0. The zero-order valence-electron chi connectivity index (χ0n) is 11.9. The zero-order chi connectivity index (χ0) is 14.5. The molecule has 0 saturated heterocycles. The van der Waals surface area contributed by atoms with Crippen LogP contribution in [-0.4, -0.2) is 11.1 Å². The van der Waals surface area contributed by atoms with Crippen LogP contribution in [0.5, 0.6) is 0 Å². The van der Waals surface area contributed by atoms with Crippen LogP contribution in [0.2, 0.25) is 5.02 Å². The monoisotopic (exact) mass is 294 g/mol. The highest BCUT2D eigenvalue weighted by atomic mass is 35.5. The van der Waals surface area contributed by atoms with E-state index < -0.39 is 0 Å². The smallest absolute Gasteiger partial charge is 0.142 e. The van der Waals surface area contributed by atoms with Crippen molar-refractivity contribution in [1.29, 1.82) is 0 Å². The second-order valence-corrected chi connectivity index (χ2v) is 5.81. The van der Waals surface area contributed by atoms with Crippen molar-refractivity contribution in [2.24, 2.45) is 5.92 Å². The Morgan fingerprint density at radius 1 is 1.30 bits per heavy atom. The predicted octanol–water partition coefficient (Wildman–Crippen LogP) is 4.07. The standard InChI is InChI=1S/C16H20ClFN2/c1-12(2)8-19-9-13-6-7-20(10-13)11-14-4-3-5-15(18)16(14)17/h3-7,10,12,19H,8-9,11H2,1-2H3. The van der Waals surface area contributed by atoms with Crippen molar-refractivity contribution in [3.63, 3.8) is 0 Å². The SMILES string of the molecule is CC(C)CNCc1ccn(Cc2cccc(F)c2Cl)c1. The topological polar surface area (TPSA) is 17.0 Å². The van der Waals surface area contributed by atoms with E-state index in [1.807, 2.05) is 16.8 Å². The van der Waals surface area contributed by atoms with Gasteiger partial charge in [0.1, 0.15) is 5.82 Å². The lowest BCUT2D eigenvalue weighted by molar-refractivity contribution is 0.552. The van der Waals surface area contributed by atoms with Gasteiger partial charge in [-0.15, -0.1) is 0 Å². The third-order valence-electron chi connectivity index (χ3n) is 3.08. The van der Waals surface area contributed by atoms with E-state index in [0.29, 0.717) is 12.5 Å². The largest absolute Gasteiger partial charge is 0.350 e. The molecular weight excluding hydrogens is 275 g/mol. The molecule has 0 spiro atoms. The molecule has 0 bridgehead atoms. The van der Waals surface area contributed by atoms with Crippen LogP contribution >= 0.6 is 11.6 Å². The number of halogens is 2. The van der Waals surface area contributed by atoms with Gasteiger partial charge in [0.2, 0.25) is 0 Å². The van der Waals surface area contributed by atoms with Crippen molar-refractivity contribution in [2.75, 3.05) is 6.54 Å². The van der Waals surface area contributed by atoms with E-state index in [1.165, 1.54) is 11.6 Å². The second-order valence-electron chi connectivity index (χ2n) is 5.43. The Morgan fingerprint density at radius 2 is 2.10 bits per heavy atom. The van der Waals surface area contributed by atoms with Crippen molar-refractivity contribution in [3.8, 4) is 0 Å².